The monoisotopic (exact) mass is 565 g/mol. The van der Waals surface area contributed by atoms with Gasteiger partial charge in [0, 0.05) is 35.8 Å². The van der Waals surface area contributed by atoms with Crippen molar-refractivity contribution >= 4 is 54.4 Å². The van der Waals surface area contributed by atoms with Crippen LogP contribution in [0.2, 0.25) is 5.02 Å². The molecule has 3 aromatic rings. The first-order chi connectivity index (χ1) is 17.1. The van der Waals surface area contributed by atoms with Crippen molar-refractivity contribution in [3.8, 4) is 10.4 Å². The zero-order valence-corrected chi connectivity index (χ0v) is 23.0. The number of hydrogen-bond donors (Lipinski definition) is 1. The second-order valence-electron chi connectivity index (χ2n) is 9.40. The lowest BCUT2D eigenvalue weighted by Crippen LogP contribution is -2.46. The van der Waals surface area contributed by atoms with Gasteiger partial charge in [0.25, 0.3) is 0 Å². The van der Waals surface area contributed by atoms with Crippen LogP contribution in [0.3, 0.4) is 0 Å². The molecule has 2 N–H and O–H groups in total. The minimum absolute atomic E-state index is 0.00763. The number of benzene rings is 2. The van der Waals surface area contributed by atoms with E-state index in [0.29, 0.717) is 27.7 Å². The highest BCUT2D eigenvalue weighted by atomic mass is 35.5. The van der Waals surface area contributed by atoms with E-state index < -0.39 is 20.0 Å². The molecule has 1 atom stereocenters. The Kier molecular flexibility index (Phi) is 6.95. The quantitative estimate of drug-likeness (QED) is 0.454. The molecule has 0 saturated heterocycles. The summed E-state index contributed by atoms with van der Waals surface area (Å²) in [6, 6.07) is 15.8. The van der Waals surface area contributed by atoms with Crippen LogP contribution in [-0.4, -0.2) is 40.8 Å². The summed E-state index contributed by atoms with van der Waals surface area (Å²) < 4.78 is 53.3. The summed E-state index contributed by atoms with van der Waals surface area (Å²) in [4.78, 5) is 2.73. The molecule has 1 aromatic heterocycles. The summed E-state index contributed by atoms with van der Waals surface area (Å²) in [5.74, 6) is 0.267. The second kappa shape index (κ2) is 9.74. The molecule has 0 spiro atoms. The average Bonchev–Trinajstić information content (AvgIpc) is 3.33. The van der Waals surface area contributed by atoms with Gasteiger partial charge in [0.15, 0.2) is 0 Å². The van der Waals surface area contributed by atoms with E-state index >= 15 is 0 Å². The van der Waals surface area contributed by atoms with E-state index in [1.54, 1.807) is 25.2 Å². The van der Waals surface area contributed by atoms with Crippen molar-refractivity contribution in [2.75, 3.05) is 18.5 Å². The van der Waals surface area contributed by atoms with Crippen LogP contribution >= 0.6 is 22.9 Å². The molecule has 2 aromatic carbocycles. The van der Waals surface area contributed by atoms with Crippen LogP contribution in [-0.2, 0) is 20.0 Å². The molecule has 1 aliphatic heterocycles. The molecule has 1 fully saturated rings. The number of nitrogens with zero attached hydrogens (tertiary/aromatic N) is 2. The van der Waals surface area contributed by atoms with Gasteiger partial charge in [-0.3, -0.25) is 0 Å². The largest absolute Gasteiger partial charge is 0.339 e. The Morgan fingerprint density at radius 1 is 1.03 bits per heavy atom. The second-order valence-corrected chi connectivity index (χ2v) is 14.6. The molecule has 1 saturated carbocycles. The molecule has 192 valence electrons. The number of nitrogens with two attached hydrogens (primary N) is 1. The number of sulfonamides is 2. The Labute approximate surface area is 221 Å². The number of rotatable bonds is 4. The Balaban J connectivity index is 1.70. The lowest BCUT2D eigenvalue weighted by atomic mass is 9.83. The summed E-state index contributed by atoms with van der Waals surface area (Å²) in [5, 5.41) is 5.63. The molecule has 0 amide bonds. The third-order valence-electron chi connectivity index (χ3n) is 7.22. The summed E-state index contributed by atoms with van der Waals surface area (Å²) in [6.07, 6.45) is 5.40. The zero-order chi connectivity index (χ0) is 25.7. The van der Waals surface area contributed by atoms with Crippen molar-refractivity contribution in [2.24, 2.45) is 11.1 Å². The minimum atomic E-state index is -3.88. The van der Waals surface area contributed by atoms with Crippen molar-refractivity contribution in [1.82, 2.24) is 4.31 Å². The topological polar surface area (TPSA) is 101 Å². The fraction of sp³-hybridized carbons (Fsp3) is 0.360. The number of likely N-dealkylation sites (N-methyl/N-ethyl adjacent to an activating group) is 1. The molecule has 2 aliphatic rings. The van der Waals surface area contributed by atoms with Crippen molar-refractivity contribution < 1.29 is 16.8 Å². The highest BCUT2D eigenvalue weighted by Gasteiger charge is 2.41. The highest BCUT2D eigenvalue weighted by Crippen LogP contribution is 2.45. The molecule has 0 bridgehead atoms. The van der Waals surface area contributed by atoms with Gasteiger partial charge in [0.2, 0.25) is 20.0 Å². The number of primary sulfonamides is 1. The fourth-order valence-corrected chi connectivity index (χ4v) is 9.00. The van der Waals surface area contributed by atoms with E-state index in [0.717, 1.165) is 42.7 Å². The van der Waals surface area contributed by atoms with Crippen molar-refractivity contribution in [3.63, 3.8) is 0 Å². The third-order valence-corrected chi connectivity index (χ3v) is 12.0. The molecular weight excluding hydrogens is 538 g/mol. The van der Waals surface area contributed by atoms with E-state index in [1.807, 2.05) is 30.3 Å². The lowest BCUT2D eigenvalue weighted by Gasteiger charge is -2.36. The molecule has 2 heterocycles. The van der Waals surface area contributed by atoms with Crippen LogP contribution in [0.5, 0.6) is 0 Å². The zero-order valence-electron chi connectivity index (χ0n) is 19.8. The first-order valence-corrected chi connectivity index (χ1v) is 16.0. The molecular formula is C25H28ClN3O4S3. The number of hydrogen-bond acceptors (Lipinski definition) is 6. The standard InChI is InChI=1S/C25H28ClN3O4S3/c1-28-22(17-8-4-2-5-9-17)16-29(18-10-6-3-7-11-18)21-15-20(26)19(14-24(21)36(28,32)33)23-12-13-25(34-23)35(27,30)31/h3,6-7,10-15,17,22H,2,4-5,8-9,16H2,1H3,(H2,27,30,31)/t22-/m0/s1. The van der Waals surface area contributed by atoms with Crippen molar-refractivity contribution in [3.05, 3.63) is 59.6 Å². The Hall–Kier alpha value is -1.95. The van der Waals surface area contributed by atoms with Gasteiger partial charge in [-0.2, -0.15) is 4.31 Å². The summed E-state index contributed by atoms with van der Waals surface area (Å²) >= 11 is 7.70. The molecule has 5 rings (SSSR count). The molecule has 0 unspecified atom stereocenters. The summed E-state index contributed by atoms with van der Waals surface area (Å²) in [7, 11) is -6.08. The first kappa shape index (κ1) is 25.7. The van der Waals surface area contributed by atoms with Crippen molar-refractivity contribution in [2.45, 2.75) is 47.3 Å². The number of thiophene rings is 1. The SMILES string of the molecule is CN1[C@H](C2CCCCC2)CN(c2ccccc2)c2cc(Cl)c(-c3ccc(S(N)(=O)=O)s3)cc2S1(=O)=O. The van der Waals surface area contributed by atoms with Gasteiger partial charge in [-0.05, 0) is 55.2 Å². The van der Waals surface area contributed by atoms with Crippen LogP contribution < -0.4 is 10.0 Å². The maximum atomic E-state index is 14.1. The van der Waals surface area contributed by atoms with Crippen molar-refractivity contribution in [1.29, 1.82) is 0 Å². The van der Waals surface area contributed by atoms with E-state index in [2.05, 4.69) is 4.90 Å². The van der Waals surface area contributed by atoms with E-state index in [9.17, 15) is 16.8 Å². The Bertz CT molecular complexity index is 1480. The highest BCUT2D eigenvalue weighted by molar-refractivity contribution is 7.91. The van der Waals surface area contributed by atoms with E-state index in [-0.39, 0.29) is 21.1 Å². The first-order valence-electron chi connectivity index (χ1n) is 11.8. The molecule has 1 aliphatic carbocycles. The summed E-state index contributed by atoms with van der Waals surface area (Å²) in [5.41, 5.74) is 1.86. The van der Waals surface area contributed by atoms with Crippen LogP contribution in [0.25, 0.3) is 10.4 Å². The normalized spacial score (nSPS) is 21.2. The smallest absolute Gasteiger partial charge is 0.247 e. The molecule has 36 heavy (non-hydrogen) atoms. The predicted octanol–water partition coefficient (Wildman–Crippen LogP) is 5.44. The molecule has 11 heteroatoms. The van der Waals surface area contributed by atoms with Gasteiger partial charge in [-0.15, -0.1) is 11.3 Å². The Morgan fingerprint density at radius 2 is 1.72 bits per heavy atom. The van der Waals surface area contributed by atoms with Crippen LogP contribution in [0.4, 0.5) is 11.4 Å². The van der Waals surface area contributed by atoms with Gasteiger partial charge in [0.05, 0.1) is 10.7 Å². The van der Waals surface area contributed by atoms with Gasteiger partial charge >= 0.3 is 0 Å². The third kappa shape index (κ3) is 4.70. The lowest BCUT2D eigenvalue weighted by molar-refractivity contribution is 0.218. The molecule has 0 radical (unpaired) electrons. The fourth-order valence-electron chi connectivity index (χ4n) is 5.32. The van der Waals surface area contributed by atoms with Crippen LogP contribution in [0, 0.1) is 5.92 Å². The molecule has 7 nitrogen and oxygen atoms in total. The number of anilines is 2. The van der Waals surface area contributed by atoms with Crippen LogP contribution in [0.15, 0.2) is 63.7 Å². The van der Waals surface area contributed by atoms with E-state index in [1.165, 1.54) is 16.8 Å². The summed E-state index contributed by atoms with van der Waals surface area (Å²) in [6.45, 7) is 0.516. The van der Waals surface area contributed by atoms with Gasteiger partial charge in [0.1, 0.15) is 9.10 Å². The van der Waals surface area contributed by atoms with Gasteiger partial charge < -0.3 is 4.90 Å². The van der Waals surface area contributed by atoms with E-state index in [4.69, 9.17) is 16.7 Å². The number of para-hydroxylation sites is 1. The average molecular weight is 566 g/mol. The van der Waals surface area contributed by atoms with Gasteiger partial charge in [-0.1, -0.05) is 49.1 Å². The maximum Gasteiger partial charge on any atom is 0.247 e. The minimum Gasteiger partial charge on any atom is -0.339 e. The maximum absolute atomic E-state index is 14.1. The Morgan fingerprint density at radius 3 is 2.36 bits per heavy atom. The number of halogens is 1. The van der Waals surface area contributed by atoms with Gasteiger partial charge in [-0.25, -0.2) is 22.0 Å². The number of fused-ring (bicyclic) bond motifs is 1. The van der Waals surface area contributed by atoms with Crippen LogP contribution in [0.1, 0.15) is 32.1 Å². The predicted molar refractivity (Wildman–Crippen MR) is 145 cm³/mol.